The van der Waals surface area contributed by atoms with E-state index in [2.05, 4.69) is 10.3 Å². The van der Waals surface area contributed by atoms with Gasteiger partial charge in [-0.05, 0) is 18.2 Å². The lowest BCUT2D eigenvalue weighted by atomic mass is 10.2. The number of aromatic amines is 1. The Hall–Kier alpha value is -2.10. The highest BCUT2D eigenvalue weighted by molar-refractivity contribution is 6.04. The largest absolute Gasteiger partial charge is 0.367 e. The second kappa shape index (κ2) is 3.96. The van der Waals surface area contributed by atoms with Crippen molar-refractivity contribution in [3.05, 3.63) is 54.1 Å². The Morgan fingerprint density at radius 1 is 1.27 bits per heavy atom. The molecule has 0 fully saturated rings. The number of aromatic nitrogens is 1. The molecule has 1 aromatic heterocycles. The number of hydrogen-bond acceptors (Lipinski definition) is 1. The highest BCUT2D eigenvalue weighted by Crippen LogP contribution is 2.13. The fourth-order valence-corrected chi connectivity index (χ4v) is 1.22. The van der Waals surface area contributed by atoms with Crippen molar-refractivity contribution in [1.82, 2.24) is 4.98 Å². The van der Waals surface area contributed by atoms with Crippen molar-refractivity contribution in [3.63, 3.8) is 0 Å². The van der Waals surface area contributed by atoms with Crippen molar-refractivity contribution in [3.8, 4) is 0 Å². The molecule has 0 unspecified atom stereocenters. The van der Waals surface area contributed by atoms with Gasteiger partial charge < -0.3 is 10.3 Å². The Labute approximate surface area is 85.9 Å². The maximum Gasteiger partial charge on any atom is 0.257 e. The molecule has 2 N–H and O–H groups in total. The minimum Gasteiger partial charge on any atom is -0.367 e. The zero-order valence-corrected chi connectivity index (χ0v) is 7.83. The molecule has 0 atom stereocenters. The number of halogens is 1. The van der Waals surface area contributed by atoms with E-state index in [9.17, 15) is 9.18 Å². The number of anilines is 1. The summed E-state index contributed by atoms with van der Waals surface area (Å²) in [6, 6.07) is 7.67. The van der Waals surface area contributed by atoms with Crippen molar-refractivity contribution >= 4 is 11.6 Å². The van der Waals surface area contributed by atoms with Crippen LogP contribution in [0.15, 0.2) is 42.7 Å². The van der Waals surface area contributed by atoms with Crippen molar-refractivity contribution in [2.75, 3.05) is 5.32 Å². The topological polar surface area (TPSA) is 44.9 Å². The summed E-state index contributed by atoms with van der Waals surface area (Å²) in [5.41, 5.74) is 0.655. The fourth-order valence-electron chi connectivity index (χ4n) is 1.22. The quantitative estimate of drug-likeness (QED) is 0.775. The summed E-state index contributed by atoms with van der Waals surface area (Å²) >= 11 is 0. The molecule has 1 heterocycles. The highest BCUT2D eigenvalue weighted by Gasteiger charge is 2.08. The Bertz CT molecular complexity index is 465. The maximum atomic E-state index is 13.2. The van der Waals surface area contributed by atoms with Crippen LogP contribution in [0.1, 0.15) is 10.4 Å². The van der Waals surface area contributed by atoms with Gasteiger partial charge in [-0.1, -0.05) is 12.1 Å². The van der Waals surface area contributed by atoms with Gasteiger partial charge in [0.2, 0.25) is 0 Å². The summed E-state index contributed by atoms with van der Waals surface area (Å²) in [7, 11) is 0. The number of H-pyrrole nitrogens is 1. The Balaban J connectivity index is 2.17. The van der Waals surface area contributed by atoms with Gasteiger partial charge in [0.15, 0.2) is 0 Å². The average molecular weight is 204 g/mol. The third kappa shape index (κ3) is 2.04. The van der Waals surface area contributed by atoms with Gasteiger partial charge in [0.1, 0.15) is 5.82 Å². The van der Waals surface area contributed by atoms with Crippen LogP contribution in [0.25, 0.3) is 0 Å². The molecule has 0 spiro atoms. The molecule has 0 saturated carbocycles. The third-order valence-corrected chi connectivity index (χ3v) is 1.98. The van der Waals surface area contributed by atoms with Crippen LogP contribution in [0.2, 0.25) is 0 Å². The summed E-state index contributed by atoms with van der Waals surface area (Å²) in [6.07, 6.45) is 3.19. The van der Waals surface area contributed by atoms with Crippen molar-refractivity contribution in [2.45, 2.75) is 0 Å². The number of amides is 1. The molecule has 0 aliphatic carbocycles. The molecule has 0 saturated heterocycles. The lowest BCUT2D eigenvalue weighted by molar-refractivity contribution is 0.102. The molecule has 0 radical (unpaired) electrons. The van der Waals surface area contributed by atoms with E-state index in [1.54, 1.807) is 30.6 Å². The van der Waals surface area contributed by atoms with Gasteiger partial charge >= 0.3 is 0 Å². The van der Waals surface area contributed by atoms with Gasteiger partial charge in [-0.3, -0.25) is 4.79 Å². The predicted molar refractivity (Wildman–Crippen MR) is 55.1 cm³/mol. The molecule has 2 rings (SSSR count). The number of rotatable bonds is 2. The van der Waals surface area contributed by atoms with Crippen molar-refractivity contribution in [1.29, 1.82) is 0 Å². The molecule has 15 heavy (non-hydrogen) atoms. The second-order valence-electron chi connectivity index (χ2n) is 3.03. The van der Waals surface area contributed by atoms with Crippen molar-refractivity contribution in [2.24, 2.45) is 0 Å². The van der Waals surface area contributed by atoms with Crippen LogP contribution in [0.3, 0.4) is 0 Å². The lowest BCUT2D eigenvalue weighted by Crippen LogP contribution is -2.11. The minimum absolute atomic E-state index is 0.184. The van der Waals surface area contributed by atoms with Gasteiger partial charge in [-0.25, -0.2) is 4.39 Å². The Morgan fingerprint density at radius 3 is 2.73 bits per heavy atom. The second-order valence-corrected chi connectivity index (χ2v) is 3.03. The van der Waals surface area contributed by atoms with Gasteiger partial charge in [-0.15, -0.1) is 0 Å². The summed E-state index contributed by atoms with van der Waals surface area (Å²) < 4.78 is 13.2. The summed E-state index contributed by atoms with van der Waals surface area (Å²) in [6.45, 7) is 0. The standard InChI is InChI=1S/C11H9FN2O/c12-9-3-1-2-4-10(9)14-11(15)8-5-6-13-7-8/h1-7,13H,(H,14,15). The van der Waals surface area contributed by atoms with E-state index in [1.165, 1.54) is 12.1 Å². The molecule has 76 valence electrons. The van der Waals surface area contributed by atoms with Crippen LogP contribution in [-0.4, -0.2) is 10.9 Å². The van der Waals surface area contributed by atoms with E-state index in [0.29, 0.717) is 5.56 Å². The number of carbonyl (C=O) groups excluding carboxylic acids is 1. The minimum atomic E-state index is -0.443. The number of carbonyl (C=O) groups is 1. The zero-order valence-electron chi connectivity index (χ0n) is 7.83. The number of nitrogens with one attached hydrogen (secondary N) is 2. The highest BCUT2D eigenvalue weighted by atomic mass is 19.1. The zero-order chi connectivity index (χ0) is 10.7. The van der Waals surface area contributed by atoms with Crippen LogP contribution in [-0.2, 0) is 0 Å². The number of para-hydroxylation sites is 1. The molecule has 0 bridgehead atoms. The molecule has 1 aromatic carbocycles. The summed E-state index contributed by atoms with van der Waals surface area (Å²) in [5.74, 6) is -0.775. The molecule has 4 heteroatoms. The van der Waals surface area contributed by atoms with Crippen LogP contribution < -0.4 is 5.32 Å². The first-order valence-corrected chi connectivity index (χ1v) is 4.46. The van der Waals surface area contributed by atoms with Gasteiger partial charge in [0.25, 0.3) is 5.91 Å². The van der Waals surface area contributed by atoms with Crippen LogP contribution in [0.4, 0.5) is 10.1 Å². The van der Waals surface area contributed by atoms with Gasteiger partial charge in [0, 0.05) is 12.4 Å². The van der Waals surface area contributed by atoms with Gasteiger partial charge in [0.05, 0.1) is 11.3 Å². The van der Waals surface area contributed by atoms with E-state index in [1.807, 2.05) is 0 Å². The third-order valence-electron chi connectivity index (χ3n) is 1.98. The maximum absolute atomic E-state index is 13.2. The summed E-state index contributed by atoms with van der Waals surface area (Å²) in [4.78, 5) is 14.3. The average Bonchev–Trinajstić information content (AvgIpc) is 2.74. The van der Waals surface area contributed by atoms with Gasteiger partial charge in [-0.2, -0.15) is 0 Å². The summed E-state index contributed by atoms with van der Waals surface area (Å²) in [5, 5.41) is 2.48. The smallest absolute Gasteiger partial charge is 0.257 e. The van der Waals surface area contributed by atoms with Crippen molar-refractivity contribution < 1.29 is 9.18 Å². The molecule has 1 amide bonds. The normalized spacial score (nSPS) is 9.93. The van der Waals surface area contributed by atoms with Crippen LogP contribution in [0.5, 0.6) is 0 Å². The number of hydrogen-bond donors (Lipinski definition) is 2. The fraction of sp³-hybridized carbons (Fsp3) is 0. The molecule has 0 aliphatic heterocycles. The van der Waals surface area contributed by atoms with E-state index < -0.39 is 5.82 Å². The number of benzene rings is 1. The van der Waals surface area contributed by atoms with E-state index in [4.69, 9.17) is 0 Å². The van der Waals surface area contributed by atoms with E-state index >= 15 is 0 Å². The monoisotopic (exact) mass is 204 g/mol. The lowest BCUT2D eigenvalue weighted by Gasteiger charge is -2.03. The van der Waals surface area contributed by atoms with Crippen LogP contribution >= 0.6 is 0 Å². The molecular formula is C11H9FN2O. The van der Waals surface area contributed by atoms with Crippen LogP contribution in [0, 0.1) is 5.82 Å². The molecule has 2 aromatic rings. The first-order valence-electron chi connectivity index (χ1n) is 4.46. The molecular weight excluding hydrogens is 195 g/mol. The first kappa shape index (κ1) is 9.45. The Kier molecular flexibility index (Phi) is 2.49. The van der Waals surface area contributed by atoms with E-state index in [-0.39, 0.29) is 11.6 Å². The Morgan fingerprint density at radius 2 is 2.07 bits per heavy atom. The SMILES string of the molecule is O=C(Nc1ccccc1F)c1cc[nH]c1. The first-order chi connectivity index (χ1) is 7.27. The van der Waals surface area contributed by atoms with E-state index in [0.717, 1.165) is 0 Å². The molecule has 0 aliphatic rings. The molecule has 3 nitrogen and oxygen atoms in total. The predicted octanol–water partition coefficient (Wildman–Crippen LogP) is 2.41.